The molecule has 0 aromatic heterocycles. The Morgan fingerprint density at radius 2 is 1.64 bits per heavy atom. The maximum Gasteiger partial charge on any atom is 0.264 e. The molecule has 0 spiro atoms. The lowest BCUT2D eigenvalue weighted by Gasteiger charge is -2.24. The van der Waals surface area contributed by atoms with Gasteiger partial charge in [-0.05, 0) is 78.7 Å². The van der Waals surface area contributed by atoms with Crippen molar-refractivity contribution in [2.24, 2.45) is 5.10 Å². The van der Waals surface area contributed by atoms with E-state index in [1.807, 2.05) is 25.1 Å². The predicted molar refractivity (Wildman–Crippen MR) is 163 cm³/mol. The molecule has 4 aromatic carbocycles. The number of methoxy groups -OCH3 is 2. The van der Waals surface area contributed by atoms with Crippen molar-refractivity contribution in [2.75, 3.05) is 25.1 Å². The summed E-state index contributed by atoms with van der Waals surface area (Å²) in [6, 6.07) is 25.6. The zero-order chi connectivity index (χ0) is 30.1. The SMILES string of the molecule is COc1ccc(S(=O)(=O)N(CC(=O)N/N=C\c2ccc(OCc3cccc(Cl)c3)cc2)c2ccc(C)cc2)cc1OC. The van der Waals surface area contributed by atoms with E-state index < -0.39 is 22.5 Å². The fourth-order valence-electron chi connectivity index (χ4n) is 3.92. The van der Waals surface area contributed by atoms with E-state index in [4.69, 9.17) is 25.8 Å². The average Bonchev–Trinajstić information content (AvgIpc) is 2.99. The predicted octanol–water partition coefficient (Wildman–Crippen LogP) is 5.59. The van der Waals surface area contributed by atoms with Gasteiger partial charge >= 0.3 is 0 Å². The van der Waals surface area contributed by atoms with Crippen LogP contribution in [0.2, 0.25) is 5.02 Å². The van der Waals surface area contributed by atoms with Gasteiger partial charge in [0.05, 0.1) is 31.0 Å². The van der Waals surface area contributed by atoms with E-state index in [1.54, 1.807) is 54.6 Å². The van der Waals surface area contributed by atoms with Crippen molar-refractivity contribution in [1.29, 1.82) is 0 Å². The average molecular weight is 608 g/mol. The number of rotatable bonds is 12. The number of hydrogen-bond donors (Lipinski definition) is 1. The zero-order valence-corrected chi connectivity index (χ0v) is 24.9. The van der Waals surface area contributed by atoms with Gasteiger partial charge in [0.1, 0.15) is 18.9 Å². The summed E-state index contributed by atoms with van der Waals surface area (Å²) >= 11 is 6.01. The number of carbonyl (C=O) groups excluding carboxylic acids is 1. The molecule has 11 heteroatoms. The van der Waals surface area contributed by atoms with Crippen LogP contribution in [0.4, 0.5) is 5.69 Å². The summed E-state index contributed by atoms with van der Waals surface area (Å²) in [4.78, 5) is 12.8. The number of nitrogens with zero attached hydrogens (tertiary/aromatic N) is 2. The Kier molecular flexibility index (Phi) is 10.1. The Hall–Kier alpha value is -4.54. The second-order valence-electron chi connectivity index (χ2n) is 9.14. The second-order valence-corrected chi connectivity index (χ2v) is 11.4. The van der Waals surface area contributed by atoms with Gasteiger partial charge in [0.2, 0.25) is 0 Å². The van der Waals surface area contributed by atoms with Crippen molar-refractivity contribution in [3.05, 3.63) is 113 Å². The fraction of sp³-hybridized carbons (Fsp3) is 0.161. The molecular weight excluding hydrogens is 578 g/mol. The second kappa shape index (κ2) is 13.9. The van der Waals surface area contributed by atoms with E-state index in [0.717, 1.165) is 15.4 Å². The molecular formula is C31H30ClN3O6S. The molecule has 1 amide bonds. The standard InChI is InChI=1S/C31H30ClN3O6S/c1-22-7-11-26(12-8-22)35(42(37,38)28-15-16-29(39-2)30(18-28)40-3)20-31(36)34-33-19-23-9-13-27(14-10-23)41-21-24-5-4-6-25(32)17-24/h4-19H,20-21H2,1-3H3,(H,34,36)/b33-19-. The normalized spacial score (nSPS) is 11.2. The van der Waals surface area contributed by atoms with E-state index in [0.29, 0.717) is 34.4 Å². The van der Waals surface area contributed by atoms with Crippen LogP contribution in [0.25, 0.3) is 0 Å². The Bertz CT molecular complexity index is 1660. The largest absolute Gasteiger partial charge is 0.493 e. The van der Waals surface area contributed by atoms with E-state index in [2.05, 4.69) is 10.5 Å². The number of sulfonamides is 1. The van der Waals surface area contributed by atoms with Gasteiger partial charge in [-0.15, -0.1) is 0 Å². The molecule has 1 N–H and O–H groups in total. The monoisotopic (exact) mass is 607 g/mol. The van der Waals surface area contributed by atoms with E-state index in [-0.39, 0.29) is 10.6 Å². The summed E-state index contributed by atoms with van der Waals surface area (Å²) in [5.74, 6) is 0.658. The number of halogens is 1. The summed E-state index contributed by atoms with van der Waals surface area (Å²) in [7, 11) is -1.29. The Labute approximate surface area is 250 Å². The van der Waals surface area contributed by atoms with Crippen LogP contribution < -0.4 is 23.9 Å². The summed E-state index contributed by atoms with van der Waals surface area (Å²) in [5, 5.41) is 4.65. The van der Waals surface area contributed by atoms with Gasteiger partial charge in [0.25, 0.3) is 15.9 Å². The molecule has 0 heterocycles. The van der Waals surface area contributed by atoms with Gasteiger partial charge in [0, 0.05) is 11.1 Å². The smallest absolute Gasteiger partial charge is 0.264 e. The molecule has 9 nitrogen and oxygen atoms in total. The van der Waals surface area contributed by atoms with Crippen LogP contribution in [0, 0.1) is 6.92 Å². The lowest BCUT2D eigenvalue weighted by atomic mass is 10.2. The van der Waals surface area contributed by atoms with Gasteiger partial charge in [0.15, 0.2) is 11.5 Å². The van der Waals surface area contributed by atoms with E-state index >= 15 is 0 Å². The summed E-state index contributed by atoms with van der Waals surface area (Å²) in [6.45, 7) is 1.75. The minimum atomic E-state index is -4.17. The van der Waals surface area contributed by atoms with E-state index in [1.165, 1.54) is 38.6 Å². The van der Waals surface area contributed by atoms with E-state index in [9.17, 15) is 13.2 Å². The minimum Gasteiger partial charge on any atom is -0.493 e. The van der Waals surface area contributed by atoms with Crippen molar-refractivity contribution in [1.82, 2.24) is 5.43 Å². The quantitative estimate of drug-likeness (QED) is 0.166. The number of amides is 1. The zero-order valence-electron chi connectivity index (χ0n) is 23.3. The highest BCUT2D eigenvalue weighted by atomic mass is 35.5. The molecule has 0 atom stereocenters. The van der Waals surface area contributed by atoms with Gasteiger partial charge in [-0.25, -0.2) is 13.8 Å². The Morgan fingerprint density at radius 3 is 2.31 bits per heavy atom. The van der Waals surface area contributed by atoms with Crippen LogP contribution in [0.3, 0.4) is 0 Å². The number of benzene rings is 4. The van der Waals surface area contributed by atoms with Crippen molar-refractivity contribution < 1.29 is 27.4 Å². The molecule has 0 saturated carbocycles. The first-order valence-corrected chi connectivity index (χ1v) is 14.6. The number of nitrogens with one attached hydrogen (secondary N) is 1. The molecule has 42 heavy (non-hydrogen) atoms. The summed E-state index contributed by atoms with van der Waals surface area (Å²) in [5.41, 5.74) is 5.33. The molecule has 0 aliphatic carbocycles. The molecule has 0 saturated heterocycles. The first-order valence-electron chi connectivity index (χ1n) is 12.8. The molecule has 4 aromatic rings. The van der Waals surface area contributed by atoms with Crippen molar-refractivity contribution in [2.45, 2.75) is 18.4 Å². The van der Waals surface area contributed by atoms with Crippen molar-refractivity contribution in [3.63, 3.8) is 0 Å². The highest BCUT2D eigenvalue weighted by Gasteiger charge is 2.28. The molecule has 218 valence electrons. The third-order valence-corrected chi connectivity index (χ3v) is 8.13. The third kappa shape index (κ3) is 7.80. The van der Waals surface area contributed by atoms with Gasteiger partial charge in [-0.1, -0.05) is 41.4 Å². The van der Waals surface area contributed by atoms with Crippen LogP contribution in [0.15, 0.2) is 101 Å². The minimum absolute atomic E-state index is 0.0605. The summed E-state index contributed by atoms with van der Waals surface area (Å²) < 4.78 is 44.7. The third-order valence-electron chi connectivity index (χ3n) is 6.13. The number of anilines is 1. The van der Waals surface area contributed by atoms with Crippen LogP contribution >= 0.6 is 11.6 Å². The fourth-order valence-corrected chi connectivity index (χ4v) is 5.57. The Balaban J connectivity index is 1.44. The number of aryl methyl sites for hydroxylation is 1. The number of hydrogen-bond acceptors (Lipinski definition) is 7. The van der Waals surface area contributed by atoms with Crippen LogP contribution in [-0.2, 0) is 21.4 Å². The van der Waals surface area contributed by atoms with Crippen LogP contribution in [-0.4, -0.2) is 41.3 Å². The first-order chi connectivity index (χ1) is 20.2. The highest BCUT2D eigenvalue weighted by molar-refractivity contribution is 7.92. The summed E-state index contributed by atoms with van der Waals surface area (Å²) in [6.07, 6.45) is 1.46. The Morgan fingerprint density at radius 1 is 0.929 bits per heavy atom. The number of ether oxygens (including phenoxy) is 3. The lowest BCUT2D eigenvalue weighted by molar-refractivity contribution is -0.119. The molecule has 0 radical (unpaired) electrons. The van der Waals surface area contributed by atoms with Gasteiger partial charge in [-0.3, -0.25) is 9.10 Å². The van der Waals surface area contributed by atoms with Crippen molar-refractivity contribution in [3.8, 4) is 17.2 Å². The van der Waals surface area contributed by atoms with Gasteiger partial charge in [-0.2, -0.15) is 5.10 Å². The first kappa shape index (κ1) is 30.4. The maximum atomic E-state index is 13.7. The van der Waals surface area contributed by atoms with Gasteiger partial charge < -0.3 is 14.2 Å². The van der Waals surface area contributed by atoms with Crippen molar-refractivity contribution >= 4 is 39.4 Å². The maximum absolute atomic E-state index is 13.7. The molecule has 0 unspecified atom stereocenters. The van der Waals surface area contributed by atoms with Crippen LogP contribution in [0.5, 0.6) is 17.2 Å². The lowest BCUT2D eigenvalue weighted by Crippen LogP contribution is -2.39. The molecule has 4 rings (SSSR count). The molecule has 0 fully saturated rings. The molecule has 0 aliphatic rings. The van der Waals surface area contributed by atoms with Crippen LogP contribution in [0.1, 0.15) is 16.7 Å². The highest BCUT2D eigenvalue weighted by Crippen LogP contribution is 2.32. The number of hydrazone groups is 1. The topological polar surface area (TPSA) is 107 Å². The molecule has 0 bridgehead atoms. The number of carbonyl (C=O) groups is 1. The molecule has 0 aliphatic heterocycles.